The number of aryl methyl sites for hydroxylation is 1. The van der Waals surface area contributed by atoms with Crippen molar-refractivity contribution in [2.45, 2.75) is 88.8 Å². The molecule has 200 valence electrons. The number of fused-ring (bicyclic) bond motifs is 3. The van der Waals surface area contributed by atoms with Gasteiger partial charge >= 0.3 is 0 Å². The Morgan fingerprint density at radius 2 is 1.58 bits per heavy atom. The third kappa shape index (κ3) is 4.18. The summed E-state index contributed by atoms with van der Waals surface area (Å²) >= 11 is 0. The molecule has 5 atom stereocenters. The minimum absolute atomic E-state index is 0.181. The van der Waals surface area contributed by atoms with Crippen LogP contribution in [0.2, 0.25) is 0 Å². The van der Waals surface area contributed by atoms with E-state index in [9.17, 15) is 4.79 Å². The number of carbonyl (C=O) groups is 1. The lowest BCUT2D eigenvalue weighted by Gasteiger charge is -2.45. The summed E-state index contributed by atoms with van der Waals surface area (Å²) in [6.45, 7) is 7.40. The van der Waals surface area contributed by atoms with Crippen LogP contribution < -0.4 is 0 Å². The van der Waals surface area contributed by atoms with Gasteiger partial charge in [-0.3, -0.25) is 9.69 Å². The number of piperidine rings is 2. The number of hydrogen-bond donors (Lipinski definition) is 0. The normalized spacial score (nSPS) is 30.6. The molecule has 2 bridgehead atoms. The lowest BCUT2D eigenvalue weighted by molar-refractivity contribution is -0.134. The smallest absolute Gasteiger partial charge is 0.225 e. The second kappa shape index (κ2) is 9.51. The number of aromatic nitrogens is 2. The van der Waals surface area contributed by atoms with Crippen LogP contribution in [0.15, 0.2) is 54.6 Å². The fourth-order valence-electron chi connectivity index (χ4n) is 8.32. The lowest BCUT2D eigenvalue weighted by atomic mass is 9.70. The third-order valence-corrected chi connectivity index (χ3v) is 10.7. The first-order valence-corrected chi connectivity index (χ1v) is 15.1. The van der Waals surface area contributed by atoms with E-state index in [1.54, 1.807) is 0 Å². The molecular formula is C33H42N4O. The molecule has 7 rings (SSSR count). The lowest BCUT2D eigenvalue weighted by Crippen LogP contribution is -2.49. The molecule has 0 radical (unpaired) electrons. The molecule has 5 nitrogen and oxygen atoms in total. The van der Waals surface area contributed by atoms with Crippen molar-refractivity contribution in [1.29, 1.82) is 0 Å². The minimum atomic E-state index is 0.181. The van der Waals surface area contributed by atoms with Gasteiger partial charge in [0.05, 0.1) is 11.0 Å². The summed E-state index contributed by atoms with van der Waals surface area (Å²) in [5, 5.41) is 0. The van der Waals surface area contributed by atoms with Crippen LogP contribution in [0.5, 0.6) is 0 Å². The highest BCUT2D eigenvalue weighted by Gasteiger charge is 2.46. The van der Waals surface area contributed by atoms with Crippen molar-refractivity contribution in [2.24, 2.45) is 11.8 Å². The van der Waals surface area contributed by atoms with Crippen molar-refractivity contribution in [2.75, 3.05) is 19.6 Å². The summed E-state index contributed by atoms with van der Waals surface area (Å²) in [5.74, 6) is 2.47. The largest absolute Gasteiger partial charge is 0.342 e. The fourth-order valence-corrected chi connectivity index (χ4v) is 8.32. The van der Waals surface area contributed by atoms with E-state index in [-0.39, 0.29) is 5.41 Å². The van der Waals surface area contributed by atoms with Crippen molar-refractivity contribution in [3.8, 4) is 0 Å². The summed E-state index contributed by atoms with van der Waals surface area (Å²) in [5.41, 5.74) is 4.09. The molecule has 2 aromatic carbocycles. The monoisotopic (exact) mass is 510 g/mol. The molecule has 3 unspecified atom stereocenters. The molecule has 4 aliphatic rings. The molecule has 0 N–H and O–H groups in total. The Bertz CT molecular complexity index is 1290. The first kappa shape index (κ1) is 24.4. The van der Waals surface area contributed by atoms with Gasteiger partial charge in [0.15, 0.2) is 0 Å². The van der Waals surface area contributed by atoms with E-state index in [2.05, 4.69) is 82.8 Å². The Morgan fingerprint density at radius 3 is 2.26 bits per heavy atom. The maximum Gasteiger partial charge on any atom is 0.225 e. The van der Waals surface area contributed by atoms with E-state index < -0.39 is 0 Å². The van der Waals surface area contributed by atoms with Gasteiger partial charge in [0.1, 0.15) is 5.82 Å². The van der Waals surface area contributed by atoms with Crippen LogP contribution in [-0.2, 0) is 10.2 Å². The Balaban J connectivity index is 1.06. The first-order chi connectivity index (χ1) is 18.5. The van der Waals surface area contributed by atoms with Gasteiger partial charge in [0, 0.05) is 37.1 Å². The molecule has 1 aromatic heterocycles. The Kier molecular flexibility index (Phi) is 6.11. The van der Waals surface area contributed by atoms with Gasteiger partial charge in [-0.25, -0.2) is 4.98 Å². The van der Waals surface area contributed by atoms with Gasteiger partial charge < -0.3 is 9.47 Å². The van der Waals surface area contributed by atoms with Crippen molar-refractivity contribution >= 4 is 16.9 Å². The maximum atomic E-state index is 13.0. The highest BCUT2D eigenvalue weighted by molar-refractivity contribution is 5.81. The van der Waals surface area contributed by atoms with Crippen LogP contribution in [0.3, 0.4) is 0 Å². The SMILES string of the molecule is Cc1nc2ccccc2n1C1C[C@H]2CC[C@@H](C1)N2CCC1(c2ccccc2)CCN(C(=O)C2CC2C)CC1. The topological polar surface area (TPSA) is 41.4 Å². The number of benzene rings is 2. The fraction of sp³-hybridized carbons (Fsp3) is 0.576. The Hall–Kier alpha value is -2.66. The molecule has 1 aliphatic carbocycles. The van der Waals surface area contributed by atoms with E-state index in [1.807, 2.05) is 0 Å². The molecule has 3 aliphatic heterocycles. The summed E-state index contributed by atoms with van der Waals surface area (Å²) in [6.07, 6.45) is 9.59. The quantitative estimate of drug-likeness (QED) is 0.401. The number of para-hydroxylation sites is 2. The molecule has 1 amide bonds. The van der Waals surface area contributed by atoms with Gasteiger partial charge in [-0.15, -0.1) is 0 Å². The van der Waals surface area contributed by atoms with Crippen LogP contribution in [0.4, 0.5) is 0 Å². The average molecular weight is 511 g/mol. The summed E-state index contributed by atoms with van der Waals surface area (Å²) < 4.78 is 2.54. The predicted molar refractivity (Wildman–Crippen MR) is 152 cm³/mol. The van der Waals surface area contributed by atoms with E-state index in [1.165, 1.54) is 49.7 Å². The first-order valence-electron chi connectivity index (χ1n) is 15.1. The Labute approximate surface area is 227 Å². The molecule has 38 heavy (non-hydrogen) atoms. The number of nitrogens with zero attached hydrogens (tertiary/aromatic N) is 4. The molecule has 4 heterocycles. The average Bonchev–Trinajstić information content (AvgIpc) is 3.51. The highest BCUT2D eigenvalue weighted by atomic mass is 16.2. The third-order valence-electron chi connectivity index (χ3n) is 10.7. The standard InChI is InChI=1S/C33H42N4O/c1-23-20-29(23)32(38)35-17-14-33(15-18-35,25-8-4-3-5-9-25)16-19-36-26-12-13-27(36)22-28(21-26)37-24(2)34-30-10-6-7-11-31(30)37/h3-11,23,26-29H,12-22H2,1-2H3/t23?,26-,27+,28?,29?. The number of amides is 1. The minimum Gasteiger partial charge on any atom is -0.342 e. The summed E-state index contributed by atoms with van der Waals surface area (Å²) in [7, 11) is 0. The van der Waals surface area contributed by atoms with Gasteiger partial charge in [-0.1, -0.05) is 49.4 Å². The number of carbonyl (C=O) groups excluding carboxylic acids is 1. The van der Waals surface area contributed by atoms with E-state index in [0.29, 0.717) is 35.9 Å². The zero-order valence-electron chi connectivity index (χ0n) is 23.1. The summed E-state index contributed by atoms with van der Waals surface area (Å²) in [6, 6.07) is 21.8. The van der Waals surface area contributed by atoms with Crippen LogP contribution >= 0.6 is 0 Å². The summed E-state index contributed by atoms with van der Waals surface area (Å²) in [4.78, 5) is 22.9. The maximum absolute atomic E-state index is 13.0. The van der Waals surface area contributed by atoms with Crippen LogP contribution in [0.25, 0.3) is 11.0 Å². The van der Waals surface area contributed by atoms with E-state index in [0.717, 1.165) is 43.7 Å². The second-order valence-electron chi connectivity index (χ2n) is 12.8. The molecule has 3 aromatic rings. The van der Waals surface area contributed by atoms with Crippen LogP contribution in [0.1, 0.15) is 75.7 Å². The molecular weight excluding hydrogens is 468 g/mol. The van der Waals surface area contributed by atoms with Crippen molar-refractivity contribution in [1.82, 2.24) is 19.4 Å². The number of imidazole rings is 1. The number of rotatable bonds is 6. The van der Waals surface area contributed by atoms with E-state index >= 15 is 0 Å². The number of likely N-dealkylation sites (tertiary alicyclic amines) is 1. The highest BCUT2D eigenvalue weighted by Crippen LogP contribution is 2.46. The zero-order valence-corrected chi connectivity index (χ0v) is 23.1. The van der Waals surface area contributed by atoms with Crippen molar-refractivity contribution in [3.63, 3.8) is 0 Å². The zero-order chi connectivity index (χ0) is 25.9. The number of hydrogen-bond acceptors (Lipinski definition) is 3. The van der Waals surface area contributed by atoms with Gasteiger partial charge in [0.25, 0.3) is 0 Å². The molecule has 3 saturated heterocycles. The molecule has 1 saturated carbocycles. The molecule has 5 heteroatoms. The molecule has 4 fully saturated rings. The second-order valence-corrected chi connectivity index (χ2v) is 12.8. The Morgan fingerprint density at radius 1 is 0.921 bits per heavy atom. The van der Waals surface area contributed by atoms with Crippen molar-refractivity contribution in [3.05, 3.63) is 66.0 Å². The van der Waals surface area contributed by atoms with Gasteiger partial charge in [0.2, 0.25) is 5.91 Å². The van der Waals surface area contributed by atoms with Crippen LogP contribution in [0, 0.1) is 18.8 Å². The van der Waals surface area contributed by atoms with E-state index in [4.69, 9.17) is 4.98 Å². The molecule has 0 spiro atoms. The van der Waals surface area contributed by atoms with Crippen LogP contribution in [-0.4, -0.2) is 57.0 Å². The van der Waals surface area contributed by atoms with Gasteiger partial charge in [-0.2, -0.15) is 0 Å². The van der Waals surface area contributed by atoms with Gasteiger partial charge in [-0.05, 0) is 93.9 Å². The van der Waals surface area contributed by atoms with Crippen molar-refractivity contribution < 1.29 is 4.79 Å². The predicted octanol–water partition coefficient (Wildman–Crippen LogP) is 6.12.